The summed E-state index contributed by atoms with van der Waals surface area (Å²) >= 11 is 0. The van der Waals surface area contributed by atoms with Crippen LogP contribution >= 0.6 is 0 Å². The Hall–Kier alpha value is -1.06. The third-order valence-corrected chi connectivity index (χ3v) is 4.12. The summed E-state index contributed by atoms with van der Waals surface area (Å²) in [5, 5.41) is 11.4. The van der Waals surface area contributed by atoms with Crippen LogP contribution in [0.5, 0.6) is 0 Å². The summed E-state index contributed by atoms with van der Waals surface area (Å²) in [4.78, 5) is 21.8. The van der Waals surface area contributed by atoms with Crippen LogP contribution in [0.4, 0.5) is 0 Å². The van der Waals surface area contributed by atoms with Gasteiger partial charge in [0.25, 0.3) is 0 Å². The largest absolute Gasteiger partial charge is 0.481 e. The molecule has 0 rings (SSSR count). The number of hydrogen-bond acceptors (Lipinski definition) is 2. The highest BCUT2D eigenvalue weighted by Crippen LogP contribution is 2.12. The molecule has 0 saturated heterocycles. The number of amides is 1. The smallest absolute Gasteiger partial charge is 0.303 e. The molecule has 0 bridgehead atoms. The summed E-state index contributed by atoms with van der Waals surface area (Å²) in [7, 11) is 0. The van der Waals surface area contributed by atoms with Gasteiger partial charge >= 0.3 is 5.97 Å². The van der Waals surface area contributed by atoms with Crippen molar-refractivity contribution in [1.82, 2.24) is 5.32 Å². The number of carboxylic acids is 1. The van der Waals surface area contributed by atoms with E-state index < -0.39 is 5.97 Å². The van der Waals surface area contributed by atoms with Crippen molar-refractivity contribution in [1.29, 1.82) is 0 Å². The van der Waals surface area contributed by atoms with E-state index in [2.05, 4.69) is 12.2 Å². The predicted molar refractivity (Wildman–Crippen MR) is 95.6 cm³/mol. The van der Waals surface area contributed by atoms with Gasteiger partial charge in [-0.2, -0.15) is 0 Å². The number of nitrogens with one attached hydrogen (secondary N) is 1. The van der Waals surface area contributed by atoms with Crippen LogP contribution in [0.15, 0.2) is 0 Å². The van der Waals surface area contributed by atoms with E-state index in [-0.39, 0.29) is 5.91 Å². The Labute approximate surface area is 142 Å². The quantitative estimate of drug-likeness (QED) is 0.367. The number of rotatable bonds is 17. The molecule has 0 spiro atoms. The van der Waals surface area contributed by atoms with Crippen LogP contribution < -0.4 is 5.32 Å². The highest BCUT2D eigenvalue weighted by atomic mass is 16.4. The number of carboxylic acid groups (broad SMARTS) is 1. The van der Waals surface area contributed by atoms with Crippen molar-refractivity contribution in [3.8, 4) is 0 Å². The summed E-state index contributed by atoms with van der Waals surface area (Å²) in [5.41, 5.74) is 0. The topological polar surface area (TPSA) is 66.4 Å². The van der Waals surface area contributed by atoms with E-state index >= 15 is 0 Å². The minimum absolute atomic E-state index is 0.204. The lowest BCUT2D eigenvalue weighted by molar-refractivity contribution is -0.137. The Kier molecular flexibility index (Phi) is 16.5. The summed E-state index contributed by atoms with van der Waals surface area (Å²) in [5.74, 6) is -0.471. The average Bonchev–Trinajstić information content (AvgIpc) is 2.52. The van der Waals surface area contributed by atoms with Gasteiger partial charge in [-0.05, 0) is 19.3 Å². The maximum atomic E-state index is 11.4. The molecule has 0 aromatic carbocycles. The van der Waals surface area contributed by atoms with Crippen molar-refractivity contribution in [2.24, 2.45) is 0 Å². The van der Waals surface area contributed by atoms with Gasteiger partial charge in [-0.15, -0.1) is 0 Å². The molecular formula is C19H37NO3. The van der Waals surface area contributed by atoms with Gasteiger partial charge in [0.05, 0.1) is 0 Å². The molecule has 2 N–H and O–H groups in total. The van der Waals surface area contributed by atoms with E-state index in [1.165, 1.54) is 57.8 Å². The highest BCUT2D eigenvalue weighted by molar-refractivity contribution is 5.75. The van der Waals surface area contributed by atoms with Gasteiger partial charge in [0.2, 0.25) is 5.91 Å². The number of unbranched alkanes of at least 4 members (excludes halogenated alkanes) is 11. The molecule has 0 atom stereocenters. The van der Waals surface area contributed by atoms with Gasteiger partial charge in [0.15, 0.2) is 0 Å². The van der Waals surface area contributed by atoms with Crippen LogP contribution in [-0.2, 0) is 9.59 Å². The predicted octanol–water partition coefficient (Wildman–Crippen LogP) is 5.06. The van der Waals surface area contributed by atoms with Crippen LogP contribution in [0.2, 0.25) is 0 Å². The minimum atomic E-state index is -0.674. The third-order valence-electron chi connectivity index (χ3n) is 4.12. The lowest BCUT2D eigenvalue weighted by Crippen LogP contribution is -2.23. The number of carbonyl (C=O) groups is 2. The van der Waals surface area contributed by atoms with E-state index in [1.54, 1.807) is 0 Å². The second kappa shape index (κ2) is 17.3. The van der Waals surface area contributed by atoms with Crippen molar-refractivity contribution in [3.63, 3.8) is 0 Å². The van der Waals surface area contributed by atoms with Crippen molar-refractivity contribution < 1.29 is 14.7 Å². The molecule has 1 amide bonds. The average molecular weight is 328 g/mol. The van der Waals surface area contributed by atoms with Gasteiger partial charge in [0.1, 0.15) is 0 Å². The van der Waals surface area contributed by atoms with Crippen LogP contribution in [-0.4, -0.2) is 23.5 Å². The summed E-state index contributed by atoms with van der Waals surface area (Å²) in [6.45, 7) is 2.87. The standard InChI is InChI=1S/C19H37NO3/c1-2-17-20-18(21)15-13-11-9-7-5-3-4-6-8-10-12-14-16-19(22)23/h2-17H2,1H3,(H,20,21)(H,22,23). The Bertz CT molecular complexity index is 292. The van der Waals surface area contributed by atoms with E-state index in [0.717, 1.165) is 32.2 Å². The molecule has 0 aromatic heterocycles. The monoisotopic (exact) mass is 327 g/mol. The highest BCUT2D eigenvalue weighted by Gasteiger charge is 1.99. The molecule has 0 heterocycles. The zero-order valence-corrected chi connectivity index (χ0v) is 15.1. The van der Waals surface area contributed by atoms with E-state index in [4.69, 9.17) is 5.11 Å². The molecule has 4 nitrogen and oxygen atoms in total. The first-order valence-electron chi connectivity index (χ1n) is 9.65. The Morgan fingerprint density at radius 1 is 0.696 bits per heavy atom. The van der Waals surface area contributed by atoms with Crippen molar-refractivity contribution in [2.75, 3.05) is 6.54 Å². The van der Waals surface area contributed by atoms with Gasteiger partial charge in [-0.1, -0.05) is 71.1 Å². The molecule has 4 heteroatoms. The lowest BCUT2D eigenvalue weighted by atomic mass is 10.0. The molecule has 0 radical (unpaired) electrons. The maximum absolute atomic E-state index is 11.4. The first-order valence-corrected chi connectivity index (χ1v) is 9.65. The van der Waals surface area contributed by atoms with Crippen LogP contribution in [0, 0.1) is 0 Å². The van der Waals surface area contributed by atoms with Gasteiger partial charge in [-0.3, -0.25) is 9.59 Å². The fourth-order valence-corrected chi connectivity index (χ4v) is 2.68. The summed E-state index contributed by atoms with van der Waals surface area (Å²) < 4.78 is 0. The van der Waals surface area contributed by atoms with Crippen LogP contribution in [0.1, 0.15) is 103 Å². The fraction of sp³-hybridized carbons (Fsp3) is 0.895. The summed E-state index contributed by atoms with van der Waals surface area (Å²) in [6.07, 6.45) is 16.2. The van der Waals surface area contributed by atoms with Gasteiger partial charge in [0, 0.05) is 19.4 Å². The van der Waals surface area contributed by atoms with E-state index in [9.17, 15) is 9.59 Å². The molecule has 0 unspecified atom stereocenters. The second-order valence-electron chi connectivity index (χ2n) is 6.49. The van der Waals surface area contributed by atoms with Crippen molar-refractivity contribution >= 4 is 11.9 Å². The van der Waals surface area contributed by atoms with Crippen molar-refractivity contribution in [2.45, 2.75) is 103 Å². The molecule has 0 saturated carbocycles. The molecule has 23 heavy (non-hydrogen) atoms. The number of aliphatic carboxylic acids is 1. The Morgan fingerprint density at radius 2 is 1.09 bits per heavy atom. The minimum Gasteiger partial charge on any atom is -0.481 e. The van der Waals surface area contributed by atoms with Crippen LogP contribution in [0.25, 0.3) is 0 Å². The molecule has 0 aliphatic carbocycles. The third kappa shape index (κ3) is 18.9. The Balaban J connectivity index is 3.08. The van der Waals surface area contributed by atoms with Crippen LogP contribution in [0.3, 0.4) is 0 Å². The van der Waals surface area contributed by atoms with Gasteiger partial charge < -0.3 is 10.4 Å². The number of hydrogen-bond donors (Lipinski definition) is 2. The molecule has 0 fully saturated rings. The zero-order valence-electron chi connectivity index (χ0n) is 15.1. The maximum Gasteiger partial charge on any atom is 0.303 e. The molecule has 0 aliphatic rings. The van der Waals surface area contributed by atoms with Crippen molar-refractivity contribution in [3.05, 3.63) is 0 Å². The van der Waals surface area contributed by atoms with E-state index in [1.807, 2.05) is 0 Å². The fourth-order valence-electron chi connectivity index (χ4n) is 2.68. The normalized spacial score (nSPS) is 10.7. The molecule has 0 aromatic rings. The van der Waals surface area contributed by atoms with E-state index in [0.29, 0.717) is 12.8 Å². The molecule has 136 valence electrons. The SMILES string of the molecule is CCCNC(=O)CCCCCCCCCCCCCCC(=O)O. The number of carbonyl (C=O) groups excluding carboxylic acids is 1. The second-order valence-corrected chi connectivity index (χ2v) is 6.49. The Morgan fingerprint density at radius 3 is 1.48 bits per heavy atom. The van der Waals surface area contributed by atoms with Gasteiger partial charge in [-0.25, -0.2) is 0 Å². The first kappa shape index (κ1) is 21.9. The zero-order chi connectivity index (χ0) is 17.2. The first-order chi connectivity index (χ1) is 11.2. The lowest BCUT2D eigenvalue weighted by Gasteiger charge is -2.04. The molecular weight excluding hydrogens is 290 g/mol. The summed E-state index contributed by atoms with van der Waals surface area (Å²) in [6, 6.07) is 0. The molecule has 0 aliphatic heterocycles.